The summed E-state index contributed by atoms with van der Waals surface area (Å²) in [5, 5.41) is 9.64. The number of rotatable bonds is 6. The monoisotopic (exact) mass is 327 g/mol. The van der Waals surface area contributed by atoms with Crippen molar-refractivity contribution in [1.82, 2.24) is 4.57 Å². The molecule has 2 aromatic rings. The van der Waals surface area contributed by atoms with Crippen LogP contribution in [0.1, 0.15) is 37.7 Å². The van der Waals surface area contributed by atoms with Crippen LogP contribution in [0.15, 0.2) is 36.9 Å². The second-order valence-electron chi connectivity index (χ2n) is 5.68. The maximum absolute atomic E-state index is 12.3. The summed E-state index contributed by atoms with van der Waals surface area (Å²) in [5.41, 5.74) is 3.18. The minimum atomic E-state index is -0.640. The third-order valence-corrected chi connectivity index (χ3v) is 3.96. The molecule has 0 saturated carbocycles. The van der Waals surface area contributed by atoms with E-state index < -0.39 is 5.97 Å². The van der Waals surface area contributed by atoms with Crippen LogP contribution in [-0.4, -0.2) is 28.0 Å². The van der Waals surface area contributed by atoms with E-state index in [0.717, 1.165) is 11.4 Å². The summed E-state index contributed by atoms with van der Waals surface area (Å²) in [4.78, 5) is 24.3. The van der Waals surface area contributed by atoms with Gasteiger partial charge in [0.05, 0.1) is 5.56 Å². The highest BCUT2D eigenvalue weighted by Crippen LogP contribution is 2.19. The number of ether oxygens (including phenoxy) is 1. The topological polar surface area (TPSA) is 68.5 Å². The molecule has 5 heteroatoms. The molecule has 0 unspecified atom stereocenters. The lowest BCUT2D eigenvalue weighted by Crippen LogP contribution is -2.15. The first-order valence-corrected chi connectivity index (χ1v) is 7.62. The lowest BCUT2D eigenvalue weighted by atomic mass is 10.1. The SMILES string of the molecule is C=CCn1c(C)cc(C(=O)COC(=O)c2ccc(C)c(O)c2)c1C. The fourth-order valence-electron chi connectivity index (χ4n) is 2.52. The van der Waals surface area contributed by atoms with Gasteiger partial charge in [0.1, 0.15) is 5.75 Å². The first-order chi connectivity index (χ1) is 11.3. The Morgan fingerprint density at radius 3 is 2.58 bits per heavy atom. The molecule has 5 nitrogen and oxygen atoms in total. The van der Waals surface area contributed by atoms with Gasteiger partial charge >= 0.3 is 5.97 Å². The van der Waals surface area contributed by atoms with E-state index in [2.05, 4.69) is 6.58 Å². The Kier molecular flexibility index (Phi) is 5.24. The third-order valence-electron chi connectivity index (χ3n) is 3.96. The molecule has 1 heterocycles. The third kappa shape index (κ3) is 3.56. The number of esters is 1. The second kappa shape index (κ2) is 7.17. The number of aryl methyl sites for hydroxylation is 2. The van der Waals surface area contributed by atoms with Gasteiger partial charge in [-0.1, -0.05) is 12.1 Å². The summed E-state index contributed by atoms with van der Waals surface area (Å²) in [6, 6.07) is 6.29. The number of hydrogen-bond acceptors (Lipinski definition) is 4. The molecule has 126 valence electrons. The van der Waals surface area contributed by atoms with E-state index in [9.17, 15) is 14.7 Å². The molecule has 0 amide bonds. The molecule has 1 N–H and O–H groups in total. The summed E-state index contributed by atoms with van der Waals surface area (Å²) in [7, 11) is 0. The number of carbonyl (C=O) groups is 2. The number of aromatic hydroxyl groups is 1. The largest absolute Gasteiger partial charge is 0.508 e. The quantitative estimate of drug-likeness (QED) is 0.502. The van der Waals surface area contributed by atoms with E-state index in [4.69, 9.17) is 4.74 Å². The Morgan fingerprint density at radius 1 is 1.25 bits per heavy atom. The Morgan fingerprint density at radius 2 is 1.96 bits per heavy atom. The summed E-state index contributed by atoms with van der Waals surface area (Å²) in [5.74, 6) is -0.884. The average molecular weight is 327 g/mol. The Bertz CT molecular complexity index is 802. The van der Waals surface area contributed by atoms with Crippen molar-refractivity contribution in [2.24, 2.45) is 0 Å². The van der Waals surface area contributed by atoms with E-state index in [1.807, 2.05) is 18.4 Å². The summed E-state index contributed by atoms with van der Waals surface area (Å²) in [6.45, 7) is 9.47. The highest BCUT2D eigenvalue weighted by atomic mass is 16.5. The van der Waals surface area contributed by atoms with Gasteiger partial charge in [0, 0.05) is 23.5 Å². The molecule has 1 aromatic heterocycles. The molecule has 2 rings (SSSR count). The van der Waals surface area contributed by atoms with Crippen LogP contribution in [0, 0.1) is 20.8 Å². The molecule has 0 bridgehead atoms. The molecule has 0 radical (unpaired) electrons. The van der Waals surface area contributed by atoms with Gasteiger partial charge in [0.15, 0.2) is 6.61 Å². The predicted octanol–water partition coefficient (Wildman–Crippen LogP) is 3.34. The Hall–Kier alpha value is -2.82. The van der Waals surface area contributed by atoms with Gasteiger partial charge < -0.3 is 14.4 Å². The minimum Gasteiger partial charge on any atom is -0.508 e. The molecule has 0 spiro atoms. The number of nitrogens with zero attached hydrogens (tertiary/aromatic N) is 1. The number of ketones is 1. The second-order valence-corrected chi connectivity index (χ2v) is 5.68. The first kappa shape index (κ1) is 17.5. The Labute approximate surface area is 141 Å². The van der Waals surface area contributed by atoms with E-state index in [1.54, 1.807) is 31.2 Å². The van der Waals surface area contributed by atoms with Gasteiger partial charge in [-0.3, -0.25) is 4.79 Å². The highest BCUT2D eigenvalue weighted by Gasteiger charge is 2.17. The van der Waals surface area contributed by atoms with Crippen LogP contribution in [0.25, 0.3) is 0 Å². The van der Waals surface area contributed by atoms with Crippen LogP contribution in [-0.2, 0) is 11.3 Å². The predicted molar refractivity (Wildman–Crippen MR) is 91.6 cm³/mol. The molecule has 0 aliphatic carbocycles. The lowest BCUT2D eigenvalue weighted by molar-refractivity contribution is 0.0474. The van der Waals surface area contributed by atoms with Gasteiger partial charge in [0.2, 0.25) is 5.78 Å². The number of hydrogen-bond donors (Lipinski definition) is 1. The van der Waals surface area contributed by atoms with Crippen molar-refractivity contribution < 1.29 is 19.4 Å². The minimum absolute atomic E-state index is 0.0174. The van der Waals surface area contributed by atoms with Gasteiger partial charge in [-0.25, -0.2) is 4.79 Å². The molecule has 0 aliphatic rings. The molecule has 0 atom stereocenters. The molecular formula is C19H21NO4. The highest BCUT2D eigenvalue weighted by molar-refractivity contribution is 6.00. The number of phenolic OH excluding ortho intramolecular Hbond substituents is 1. The van der Waals surface area contributed by atoms with Crippen LogP contribution >= 0.6 is 0 Å². The van der Waals surface area contributed by atoms with Gasteiger partial charge in [-0.2, -0.15) is 0 Å². The molecule has 24 heavy (non-hydrogen) atoms. The number of aromatic nitrogens is 1. The van der Waals surface area contributed by atoms with Gasteiger partial charge in [-0.05, 0) is 44.5 Å². The number of phenols is 1. The van der Waals surface area contributed by atoms with E-state index in [0.29, 0.717) is 17.7 Å². The fraction of sp³-hybridized carbons (Fsp3) is 0.263. The van der Waals surface area contributed by atoms with E-state index in [1.165, 1.54) is 6.07 Å². The molecule has 0 saturated heterocycles. The standard InChI is InChI=1S/C19H21NO4/c1-5-8-20-13(3)9-16(14(20)4)18(22)11-24-19(23)15-7-6-12(2)17(21)10-15/h5-7,9-10,21H,1,8,11H2,2-4H3. The zero-order chi connectivity index (χ0) is 17.9. The summed E-state index contributed by atoms with van der Waals surface area (Å²) in [6.07, 6.45) is 1.76. The maximum Gasteiger partial charge on any atom is 0.338 e. The van der Waals surface area contributed by atoms with Crippen molar-refractivity contribution >= 4 is 11.8 Å². The average Bonchev–Trinajstić information content (AvgIpc) is 2.83. The van der Waals surface area contributed by atoms with Crippen LogP contribution in [0.3, 0.4) is 0 Å². The smallest absolute Gasteiger partial charge is 0.338 e. The molecular weight excluding hydrogens is 306 g/mol. The van der Waals surface area contributed by atoms with Crippen LogP contribution < -0.4 is 0 Å². The normalized spacial score (nSPS) is 10.5. The number of Topliss-reactive ketones (excluding diaryl/α,β-unsaturated/α-hetero) is 1. The van der Waals surface area contributed by atoms with Crippen molar-refractivity contribution in [2.75, 3.05) is 6.61 Å². The first-order valence-electron chi connectivity index (χ1n) is 7.62. The molecule has 0 aliphatic heterocycles. The fourth-order valence-corrected chi connectivity index (χ4v) is 2.52. The van der Waals surface area contributed by atoms with Crippen molar-refractivity contribution in [3.63, 3.8) is 0 Å². The number of allylic oxidation sites excluding steroid dienone is 1. The van der Waals surface area contributed by atoms with Crippen molar-refractivity contribution in [1.29, 1.82) is 0 Å². The van der Waals surface area contributed by atoms with Gasteiger partial charge in [-0.15, -0.1) is 6.58 Å². The van der Waals surface area contributed by atoms with Crippen LogP contribution in [0.5, 0.6) is 5.75 Å². The number of benzene rings is 1. The summed E-state index contributed by atoms with van der Waals surface area (Å²) >= 11 is 0. The number of carbonyl (C=O) groups excluding carboxylic acids is 2. The van der Waals surface area contributed by atoms with Gasteiger partial charge in [0.25, 0.3) is 0 Å². The van der Waals surface area contributed by atoms with E-state index in [-0.39, 0.29) is 23.7 Å². The van der Waals surface area contributed by atoms with Crippen LogP contribution in [0.2, 0.25) is 0 Å². The molecule has 0 fully saturated rings. The van der Waals surface area contributed by atoms with Crippen molar-refractivity contribution in [2.45, 2.75) is 27.3 Å². The maximum atomic E-state index is 12.3. The Balaban J connectivity index is 2.07. The van der Waals surface area contributed by atoms with Crippen molar-refractivity contribution in [3.05, 3.63) is 65.0 Å². The van der Waals surface area contributed by atoms with Crippen molar-refractivity contribution in [3.8, 4) is 5.75 Å². The zero-order valence-corrected chi connectivity index (χ0v) is 14.1. The zero-order valence-electron chi connectivity index (χ0n) is 14.1. The summed E-state index contributed by atoms with van der Waals surface area (Å²) < 4.78 is 7.05. The lowest BCUT2D eigenvalue weighted by Gasteiger charge is -2.07. The van der Waals surface area contributed by atoms with Crippen LogP contribution in [0.4, 0.5) is 0 Å². The molecule has 1 aromatic carbocycles. The van der Waals surface area contributed by atoms with E-state index >= 15 is 0 Å².